The molecular formula is C18H24ClNO4. The van der Waals surface area contributed by atoms with Crippen LogP contribution < -0.4 is 10.1 Å². The number of ether oxygens (including phenoxy) is 2. The van der Waals surface area contributed by atoms with Gasteiger partial charge in [0.15, 0.2) is 13.2 Å². The molecule has 6 heteroatoms. The SMILES string of the molecule is C[C@@H]1[C@H](C)CCC[C@H]1NC(=O)COC(=O)COc1ccc(Cl)cc1. The molecule has 0 saturated heterocycles. The first-order valence-corrected chi connectivity index (χ1v) is 8.67. The summed E-state index contributed by atoms with van der Waals surface area (Å²) in [6, 6.07) is 6.82. The zero-order valence-corrected chi connectivity index (χ0v) is 14.8. The van der Waals surface area contributed by atoms with E-state index in [4.69, 9.17) is 21.1 Å². The Morgan fingerprint density at radius 3 is 2.58 bits per heavy atom. The van der Waals surface area contributed by atoms with Crippen molar-refractivity contribution in [1.82, 2.24) is 5.32 Å². The van der Waals surface area contributed by atoms with E-state index >= 15 is 0 Å². The molecule has 1 aromatic rings. The van der Waals surface area contributed by atoms with E-state index in [0.717, 1.165) is 12.8 Å². The van der Waals surface area contributed by atoms with Crippen LogP contribution in [0.2, 0.25) is 5.02 Å². The molecule has 1 fully saturated rings. The van der Waals surface area contributed by atoms with Crippen LogP contribution in [0.5, 0.6) is 5.75 Å². The van der Waals surface area contributed by atoms with E-state index < -0.39 is 5.97 Å². The molecule has 0 aromatic heterocycles. The van der Waals surface area contributed by atoms with Crippen molar-refractivity contribution < 1.29 is 19.1 Å². The van der Waals surface area contributed by atoms with Crippen molar-refractivity contribution >= 4 is 23.5 Å². The maximum atomic E-state index is 11.9. The maximum Gasteiger partial charge on any atom is 0.344 e. The van der Waals surface area contributed by atoms with Gasteiger partial charge in [-0.2, -0.15) is 0 Å². The average Bonchev–Trinajstić information content (AvgIpc) is 2.56. The topological polar surface area (TPSA) is 64.6 Å². The fraction of sp³-hybridized carbons (Fsp3) is 0.556. The summed E-state index contributed by atoms with van der Waals surface area (Å²) in [4.78, 5) is 23.6. The number of benzene rings is 1. The molecule has 1 aliphatic carbocycles. The molecule has 0 unspecified atom stereocenters. The Labute approximate surface area is 147 Å². The van der Waals surface area contributed by atoms with E-state index in [9.17, 15) is 9.59 Å². The molecule has 0 radical (unpaired) electrons. The molecule has 0 heterocycles. The Morgan fingerprint density at radius 1 is 1.17 bits per heavy atom. The van der Waals surface area contributed by atoms with Gasteiger partial charge >= 0.3 is 5.97 Å². The van der Waals surface area contributed by atoms with E-state index in [0.29, 0.717) is 22.6 Å². The van der Waals surface area contributed by atoms with E-state index in [2.05, 4.69) is 19.2 Å². The second-order valence-electron chi connectivity index (χ2n) is 6.34. The van der Waals surface area contributed by atoms with Gasteiger partial charge in [-0.1, -0.05) is 38.3 Å². The summed E-state index contributed by atoms with van der Waals surface area (Å²) in [7, 11) is 0. The van der Waals surface area contributed by atoms with Crippen molar-refractivity contribution in [2.24, 2.45) is 11.8 Å². The van der Waals surface area contributed by atoms with E-state index in [1.54, 1.807) is 24.3 Å². The first-order valence-electron chi connectivity index (χ1n) is 8.29. The molecule has 1 saturated carbocycles. The summed E-state index contributed by atoms with van der Waals surface area (Å²) in [5, 5.41) is 3.55. The van der Waals surface area contributed by atoms with Crippen LogP contribution in [0.3, 0.4) is 0 Å². The first kappa shape index (κ1) is 18.6. The summed E-state index contributed by atoms with van der Waals surface area (Å²) < 4.78 is 10.2. The highest BCUT2D eigenvalue weighted by molar-refractivity contribution is 6.30. The third kappa shape index (κ3) is 5.71. The number of rotatable bonds is 6. The molecule has 1 N–H and O–H groups in total. The largest absolute Gasteiger partial charge is 0.482 e. The second-order valence-corrected chi connectivity index (χ2v) is 6.78. The number of amides is 1. The van der Waals surface area contributed by atoms with Gasteiger partial charge in [-0.3, -0.25) is 4.79 Å². The number of hydrogen-bond donors (Lipinski definition) is 1. The number of carbonyl (C=O) groups is 2. The summed E-state index contributed by atoms with van der Waals surface area (Å²) in [5.74, 6) is 0.711. The fourth-order valence-electron chi connectivity index (χ4n) is 2.89. The van der Waals surface area contributed by atoms with Crippen LogP contribution in [0.15, 0.2) is 24.3 Å². The Kier molecular flexibility index (Phi) is 6.91. The molecule has 0 aliphatic heterocycles. The van der Waals surface area contributed by atoms with E-state index in [1.165, 1.54) is 6.42 Å². The fourth-order valence-corrected chi connectivity index (χ4v) is 3.02. The Morgan fingerprint density at radius 2 is 1.88 bits per heavy atom. The van der Waals surface area contributed by atoms with Crippen LogP contribution >= 0.6 is 11.6 Å². The molecule has 0 bridgehead atoms. The van der Waals surface area contributed by atoms with E-state index in [-0.39, 0.29) is 25.2 Å². The third-order valence-corrected chi connectivity index (χ3v) is 4.84. The van der Waals surface area contributed by atoms with Gasteiger partial charge < -0.3 is 14.8 Å². The standard InChI is InChI=1S/C18H24ClNO4/c1-12-4-3-5-16(13(12)2)20-17(21)10-24-18(22)11-23-15-8-6-14(19)7-9-15/h6-9,12-13,16H,3-5,10-11H2,1-2H3,(H,20,21)/t12-,13-,16-/m1/s1. The van der Waals surface area contributed by atoms with Crippen LogP contribution in [0.25, 0.3) is 0 Å². The van der Waals surface area contributed by atoms with Gasteiger partial charge in [0.1, 0.15) is 5.75 Å². The monoisotopic (exact) mass is 353 g/mol. The lowest BCUT2D eigenvalue weighted by molar-refractivity contribution is -0.150. The smallest absolute Gasteiger partial charge is 0.344 e. The quantitative estimate of drug-likeness (QED) is 0.797. The highest BCUT2D eigenvalue weighted by atomic mass is 35.5. The van der Waals surface area contributed by atoms with Crippen molar-refractivity contribution in [2.45, 2.75) is 39.2 Å². The van der Waals surface area contributed by atoms with Gasteiger partial charge in [0.2, 0.25) is 0 Å². The minimum Gasteiger partial charge on any atom is -0.482 e. The predicted octanol–water partition coefficient (Wildman–Crippen LogP) is 3.20. The minimum atomic E-state index is -0.579. The zero-order chi connectivity index (χ0) is 17.5. The van der Waals surface area contributed by atoms with Crippen molar-refractivity contribution in [3.63, 3.8) is 0 Å². The highest BCUT2D eigenvalue weighted by Gasteiger charge is 2.28. The number of nitrogens with one attached hydrogen (secondary N) is 1. The number of esters is 1. The summed E-state index contributed by atoms with van der Waals surface area (Å²) >= 11 is 5.77. The van der Waals surface area contributed by atoms with Gasteiger partial charge in [0.05, 0.1) is 0 Å². The van der Waals surface area contributed by atoms with Gasteiger partial charge in [0.25, 0.3) is 5.91 Å². The van der Waals surface area contributed by atoms with Gasteiger partial charge in [0, 0.05) is 11.1 Å². The van der Waals surface area contributed by atoms with Gasteiger partial charge in [-0.25, -0.2) is 4.79 Å². The lowest BCUT2D eigenvalue weighted by Crippen LogP contribution is -2.45. The summed E-state index contributed by atoms with van der Waals surface area (Å²) in [6.07, 6.45) is 3.29. The van der Waals surface area contributed by atoms with Crippen molar-refractivity contribution in [1.29, 1.82) is 0 Å². The van der Waals surface area contributed by atoms with Crippen LogP contribution in [-0.2, 0) is 14.3 Å². The van der Waals surface area contributed by atoms with Crippen LogP contribution in [0.1, 0.15) is 33.1 Å². The molecule has 24 heavy (non-hydrogen) atoms. The maximum absolute atomic E-state index is 11.9. The normalized spacial score (nSPS) is 23.4. The summed E-state index contributed by atoms with van der Waals surface area (Å²) in [6.45, 7) is 3.84. The van der Waals surface area contributed by atoms with Crippen LogP contribution in [-0.4, -0.2) is 31.1 Å². The predicted molar refractivity (Wildman–Crippen MR) is 92.0 cm³/mol. The number of hydrogen-bond acceptors (Lipinski definition) is 4. The minimum absolute atomic E-state index is 0.158. The van der Waals surface area contributed by atoms with Gasteiger partial charge in [-0.15, -0.1) is 0 Å². The molecule has 1 amide bonds. The van der Waals surface area contributed by atoms with Crippen molar-refractivity contribution in [3.05, 3.63) is 29.3 Å². The average molecular weight is 354 g/mol. The number of carbonyl (C=O) groups excluding carboxylic acids is 2. The van der Waals surface area contributed by atoms with Crippen LogP contribution in [0.4, 0.5) is 0 Å². The first-order chi connectivity index (χ1) is 11.5. The molecule has 132 valence electrons. The zero-order valence-electron chi connectivity index (χ0n) is 14.1. The van der Waals surface area contributed by atoms with Crippen molar-refractivity contribution in [2.75, 3.05) is 13.2 Å². The lowest BCUT2D eigenvalue weighted by atomic mass is 9.78. The highest BCUT2D eigenvalue weighted by Crippen LogP contribution is 2.29. The van der Waals surface area contributed by atoms with Crippen LogP contribution in [0, 0.1) is 11.8 Å². The molecular weight excluding hydrogens is 330 g/mol. The molecule has 1 aromatic carbocycles. The van der Waals surface area contributed by atoms with E-state index in [1.807, 2.05) is 0 Å². The Bertz CT molecular complexity index is 561. The molecule has 3 atom stereocenters. The molecule has 0 spiro atoms. The summed E-state index contributed by atoms with van der Waals surface area (Å²) in [5.41, 5.74) is 0. The third-order valence-electron chi connectivity index (χ3n) is 4.59. The van der Waals surface area contributed by atoms with Gasteiger partial charge in [-0.05, 0) is 42.5 Å². The van der Waals surface area contributed by atoms with Crippen molar-refractivity contribution in [3.8, 4) is 5.75 Å². The molecule has 1 aliphatic rings. The Hall–Kier alpha value is -1.75. The molecule has 5 nitrogen and oxygen atoms in total. The molecule has 2 rings (SSSR count). The lowest BCUT2D eigenvalue weighted by Gasteiger charge is -2.34. The Balaban J connectivity index is 1.67. The number of halogens is 1. The second kappa shape index (κ2) is 8.92.